The third-order valence-corrected chi connectivity index (χ3v) is 7.30. The number of benzene rings is 1. The minimum Gasteiger partial charge on any atom is -0.497 e. The smallest absolute Gasteiger partial charge is 0.233 e. The molecular weight excluding hydrogens is 378 g/mol. The Labute approximate surface area is 179 Å². The quantitative estimate of drug-likeness (QED) is 0.746. The van der Waals surface area contributed by atoms with Crippen LogP contribution in [-0.2, 0) is 15.0 Å². The molecule has 4 rings (SSSR count). The number of likely N-dealkylation sites (tertiary alicyclic amines) is 1. The number of rotatable bonds is 7. The normalized spacial score (nSPS) is 26.8. The molecule has 3 atom stereocenters. The summed E-state index contributed by atoms with van der Waals surface area (Å²) in [5, 5.41) is 3.71. The van der Waals surface area contributed by atoms with Crippen LogP contribution in [0.2, 0.25) is 0 Å². The maximum absolute atomic E-state index is 13.6. The van der Waals surface area contributed by atoms with E-state index in [2.05, 4.69) is 22.3 Å². The van der Waals surface area contributed by atoms with Crippen molar-refractivity contribution >= 4 is 11.8 Å². The Hall–Kier alpha value is -2.08. The van der Waals surface area contributed by atoms with Gasteiger partial charge in [0.1, 0.15) is 5.75 Å². The minimum atomic E-state index is -0.320. The van der Waals surface area contributed by atoms with E-state index in [0.29, 0.717) is 30.2 Å². The van der Waals surface area contributed by atoms with Crippen molar-refractivity contribution in [3.63, 3.8) is 0 Å². The molecule has 6 nitrogen and oxygen atoms in total. The molecule has 2 bridgehead atoms. The van der Waals surface area contributed by atoms with E-state index >= 15 is 0 Å². The van der Waals surface area contributed by atoms with E-state index in [9.17, 15) is 9.59 Å². The van der Waals surface area contributed by atoms with Gasteiger partial charge in [0.2, 0.25) is 11.8 Å². The summed E-state index contributed by atoms with van der Waals surface area (Å²) >= 11 is 0. The van der Waals surface area contributed by atoms with Gasteiger partial charge in [0.25, 0.3) is 0 Å². The summed E-state index contributed by atoms with van der Waals surface area (Å²) in [5.41, 5.74) is 0.805. The molecule has 0 spiro atoms. The lowest BCUT2D eigenvalue weighted by Gasteiger charge is -2.47. The summed E-state index contributed by atoms with van der Waals surface area (Å²) in [4.78, 5) is 29.3. The lowest BCUT2D eigenvalue weighted by atomic mass is 9.78. The molecule has 0 aromatic heterocycles. The van der Waals surface area contributed by atoms with Crippen molar-refractivity contribution in [2.75, 3.05) is 40.8 Å². The van der Waals surface area contributed by atoms with Crippen molar-refractivity contribution in [2.24, 2.45) is 11.8 Å². The number of nitrogens with zero attached hydrogens (tertiary/aromatic N) is 2. The van der Waals surface area contributed by atoms with Crippen LogP contribution in [0.15, 0.2) is 24.3 Å². The average molecular weight is 414 g/mol. The summed E-state index contributed by atoms with van der Waals surface area (Å²) in [7, 11) is 5.29. The molecule has 3 fully saturated rings. The van der Waals surface area contributed by atoms with E-state index < -0.39 is 0 Å². The first kappa shape index (κ1) is 21.2. The molecule has 1 saturated carbocycles. The summed E-state index contributed by atoms with van der Waals surface area (Å²) < 4.78 is 5.28. The van der Waals surface area contributed by atoms with Crippen molar-refractivity contribution < 1.29 is 14.3 Å². The Balaban J connectivity index is 1.38. The van der Waals surface area contributed by atoms with E-state index in [1.54, 1.807) is 12.0 Å². The third kappa shape index (κ3) is 4.20. The molecule has 164 valence electrons. The number of ether oxygens (including phenoxy) is 1. The largest absolute Gasteiger partial charge is 0.497 e. The number of carbonyl (C=O) groups is 2. The molecular formula is C24H35N3O3. The highest BCUT2D eigenvalue weighted by atomic mass is 16.5. The molecule has 1 aliphatic carbocycles. The second-order valence-electron chi connectivity index (χ2n) is 9.58. The van der Waals surface area contributed by atoms with Crippen LogP contribution in [0, 0.1) is 11.8 Å². The van der Waals surface area contributed by atoms with Gasteiger partial charge in [0.05, 0.1) is 12.5 Å². The van der Waals surface area contributed by atoms with Crippen LogP contribution in [0.4, 0.5) is 0 Å². The molecule has 1 aromatic carbocycles. The standard InChI is InChI=1S/C24H35N3O3/c1-26(2)22(28)6-4-5-21-18-13-17(14-25-21)15-27(16-18)23(29)24(11-12-24)19-7-9-20(30-3)10-8-19/h7-10,17-18,21,25H,4-6,11-16H2,1-3H3/t17?,18?,21-/m1/s1. The van der Waals surface area contributed by atoms with Gasteiger partial charge >= 0.3 is 0 Å². The Morgan fingerprint density at radius 2 is 1.93 bits per heavy atom. The van der Waals surface area contributed by atoms with Crippen LogP contribution < -0.4 is 10.1 Å². The molecule has 0 radical (unpaired) electrons. The predicted molar refractivity (Wildman–Crippen MR) is 116 cm³/mol. The minimum absolute atomic E-state index is 0.194. The van der Waals surface area contributed by atoms with Crippen LogP contribution >= 0.6 is 0 Å². The number of carbonyl (C=O) groups excluding carboxylic acids is 2. The number of hydrogen-bond donors (Lipinski definition) is 1. The first-order chi connectivity index (χ1) is 14.4. The van der Waals surface area contributed by atoms with E-state index in [4.69, 9.17) is 4.74 Å². The summed E-state index contributed by atoms with van der Waals surface area (Å²) in [6.45, 7) is 2.68. The second-order valence-corrected chi connectivity index (χ2v) is 9.58. The summed E-state index contributed by atoms with van der Waals surface area (Å²) in [5.74, 6) is 2.36. The number of hydrogen-bond acceptors (Lipinski definition) is 4. The van der Waals surface area contributed by atoms with Gasteiger partial charge in [-0.1, -0.05) is 12.1 Å². The lowest BCUT2D eigenvalue weighted by molar-refractivity contribution is -0.138. The molecule has 3 aliphatic rings. The van der Waals surface area contributed by atoms with Crippen molar-refractivity contribution in [3.05, 3.63) is 29.8 Å². The van der Waals surface area contributed by atoms with Gasteiger partial charge < -0.3 is 19.9 Å². The zero-order chi connectivity index (χ0) is 21.3. The zero-order valence-electron chi connectivity index (χ0n) is 18.5. The van der Waals surface area contributed by atoms with Gasteiger partial charge in [-0.3, -0.25) is 9.59 Å². The highest BCUT2D eigenvalue weighted by Crippen LogP contribution is 2.50. The third-order valence-electron chi connectivity index (χ3n) is 7.30. The Morgan fingerprint density at radius 3 is 2.57 bits per heavy atom. The van der Waals surface area contributed by atoms with E-state index in [0.717, 1.165) is 56.6 Å². The fraction of sp³-hybridized carbons (Fsp3) is 0.667. The highest BCUT2D eigenvalue weighted by Gasteiger charge is 2.54. The zero-order valence-corrected chi connectivity index (χ0v) is 18.5. The van der Waals surface area contributed by atoms with Gasteiger partial charge in [0, 0.05) is 39.6 Å². The monoisotopic (exact) mass is 413 g/mol. The molecule has 1 aromatic rings. The Bertz CT molecular complexity index is 772. The highest BCUT2D eigenvalue weighted by molar-refractivity contribution is 5.91. The van der Waals surface area contributed by atoms with E-state index in [1.165, 1.54) is 6.42 Å². The number of methoxy groups -OCH3 is 1. The molecule has 6 heteroatoms. The van der Waals surface area contributed by atoms with Crippen molar-refractivity contribution in [2.45, 2.75) is 50.0 Å². The fourth-order valence-electron chi connectivity index (χ4n) is 5.33. The number of amides is 2. The summed E-state index contributed by atoms with van der Waals surface area (Å²) in [6, 6.07) is 8.44. The maximum Gasteiger partial charge on any atom is 0.233 e. The predicted octanol–water partition coefficient (Wildman–Crippen LogP) is 2.42. The summed E-state index contributed by atoms with van der Waals surface area (Å²) in [6.07, 6.45) is 5.59. The first-order valence-electron chi connectivity index (χ1n) is 11.3. The Kier molecular flexibility index (Phi) is 6.05. The average Bonchev–Trinajstić information content (AvgIpc) is 3.56. The fourth-order valence-corrected chi connectivity index (χ4v) is 5.33. The first-order valence-corrected chi connectivity index (χ1v) is 11.3. The molecule has 2 heterocycles. The number of piperidine rings is 2. The second kappa shape index (κ2) is 8.58. The molecule has 2 unspecified atom stereocenters. The number of nitrogens with one attached hydrogen (secondary N) is 1. The molecule has 2 amide bonds. The van der Waals surface area contributed by atoms with Crippen molar-refractivity contribution in [1.82, 2.24) is 15.1 Å². The van der Waals surface area contributed by atoms with E-state index in [1.807, 2.05) is 26.2 Å². The van der Waals surface area contributed by atoms with Crippen molar-refractivity contribution in [1.29, 1.82) is 0 Å². The molecule has 2 aliphatic heterocycles. The van der Waals surface area contributed by atoms with Gasteiger partial charge in [0.15, 0.2) is 0 Å². The lowest BCUT2D eigenvalue weighted by Crippen LogP contribution is -2.58. The maximum atomic E-state index is 13.6. The number of fused-ring (bicyclic) bond motifs is 2. The van der Waals surface area contributed by atoms with Crippen LogP contribution in [0.25, 0.3) is 0 Å². The SMILES string of the molecule is COc1ccc(C2(C(=O)N3CC4CN[C@H](CCCC(=O)N(C)C)C(C4)C3)CC2)cc1. The van der Waals surface area contributed by atoms with Gasteiger partial charge in [-0.2, -0.15) is 0 Å². The van der Waals surface area contributed by atoms with Crippen LogP contribution in [0.5, 0.6) is 5.75 Å². The van der Waals surface area contributed by atoms with Crippen molar-refractivity contribution in [3.8, 4) is 5.75 Å². The van der Waals surface area contributed by atoms with Gasteiger partial charge in [-0.05, 0) is 68.2 Å². The Morgan fingerprint density at radius 1 is 1.20 bits per heavy atom. The van der Waals surface area contributed by atoms with Crippen LogP contribution in [0.1, 0.15) is 44.1 Å². The molecule has 30 heavy (non-hydrogen) atoms. The van der Waals surface area contributed by atoms with E-state index in [-0.39, 0.29) is 11.3 Å². The topological polar surface area (TPSA) is 61.9 Å². The van der Waals surface area contributed by atoms with Gasteiger partial charge in [-0.15, -0.1) is 0 Å². The van der Waals surface area contributed by atoms with Gasteiger partial charge in [-0.25, -0.2) is 0 Å². The van der Waals surface area contributed by atoms with Crippen LogP contribution in [0.3, 0.4) is 0 Å². The molecule has 1 N–H and O–H groups in total. The van der Waals surface area contributed by atoms with Crippen LogP contribution in [-0.4, -0.2) is 68.5 Å². The molecule has 2 saturated heterocycles.